The summed E-state index contributed by atoms with van der Waals surface area (Å²) >= 11 is 0. The Hall–Kier alpha value is -0.460. The fraction of sp³-hybridized carbons (Fsp3) is 0.818. The van der Waals surface area contributed by atoms with E-state index in [1.165, 1.54) is 38.5 Å². The molecule has 0 amide bonds. The molecule has 12 heavy (non-hydrogen) atoms. The van der Waals surface area contributed by atoms with Gasteiger partial charge in [-0.1, -0.05) is 32.6 Å². The van der Waals surface area contributed by atoms with Gasteiger partial charge in [0.25, 0.3) is 0 Å². The second kappa shape index (κ2) is 10.5. The number of unbranched alkanes of at least 4 members (excludes halogenated alkanes) is 5. The summed E-state index contributed by atoms with van der Waals surface area (Å²) in [5.74, 6) is 0. The Morgan fingerprint density at radius 1 is 1.00 bits per heavy atom. The highest BCUT2D eigenvalue weighted by molar-refractivity contribution is 4.72. The molecule has 0 saturated carbocycles. The minimum absolute atomic E-state index is 0.784. The van der Waals surface area contributed by atoms with Crippen LogP contribution in [-0.4, -0.2) is 6.61 Å². The van der Waals surface area contributed by atoms with Gasteiger partial charge in [-0.3, -0.25) is 0 Å². The summed E-state index contributed by atoms with van der Waals surface area (Å²) in [6.45, 7) is 5.03. The Kier molecular flexibility index (Phi) is 10.1. The molecule has 0 aliphatic carbocycles. The SMILES string of the molecule is CCCCCCCC=COCC. The van der Waals surface area contributed by atoms with Crippen LogP contribution >= 0.6 is 0 Å². The van der Waals surface area contributed by atoms with Crippen molar-refractivity contribution in [3.05, 3.63) is 12.3 Å². The van der Waals surface area contributed by atoms with Crippen LogP contribution in [0.3, 0.4) is 0 Å². The number of hydrogen-bond donors (Lipinski definition) is 0. The Morgan fingerprint density at radius 2 is 1.75 bits per heavy atom. The van der Waals surface area contributed by atoms with Crippen LogP contribution in [-0.2, 0) is 4.74 Å². The molecular weight excluding hydrogens is 148 g/mol. The molecule has 0 fully saturated rings. The molecule has 0 bridgehead atoms. The largest absolute Gasteiger partial charge is 0.502 e. The molecule has 72 valence electrons. The van der Waals surface area contributed by atoms with E-state index in [-0.39, 0.29) is 0 Å². The summed E-state index contributed by atoms with van der Waals surface area (Å²) in [6, 6.07) is 0. The first-order valence-electron chi connectivity index (χ1n) is 5.18. The van der Waals surface area contributed by atoms with Gasteiger partial charge in [0.2, 0.25) is 0 Å². The summed E-state index contributed by atoms with van der Waals surface area (Å²) in [4.78, 5) is 0. The second-order valence-electron chi connectivity index (χ2n) is 3.03. The van der Waals surface area contributed by atoms with Crippen LogP contribution in [0.25, 0.3) is 0 Å². The number of allylic oxidation sites excluding steroid dienone is 1. The molecule has 1 nitrogen and oxygen atoms in total. The summed E-state index contributed by atoms with van der Waals surface area (Å²) < 4.78 is 5.08. The molecule has 0 rings (SSSR count). The van der Waals surface area contributed by atoms with Gasteiger partial charge < -0.3 is 4.74 Å². The third kappa shape index (κ3) is 9.54. The first kappa shape index (κ1) is 11.5. The Labute approximate surface area is 76.8 Å². The molecule has 0 spiro atoms. The Balaban J connectivity index is 2.90. The van der Waals surface area contributed by atoms with Crippen molar-refractivity contribution in [1.82, 2.24) is 0 Å². The van der Waals surface area contributed by atoms with E-state index in [9.17, 15) is 0 Å². The molecule has 0 aromatic heterocycles. The second-order valence-corrected chi connectivity index (χ2v) is 3.03. The molecule has 0 aliphatic heterocycles. The van der Waals surface area contributed by atoms with E-state index in [2.05, 4.69) is 13.0 Å². The smallest absolute Gasteiger partial charge is 0.0845 e. The van der Waals surface area contributed by atoms with Gasteiger partial charge in [0, 0.05) is 0 Å². The quantitative estimate of drug-likeness (QED) is 0.396. The lowest BCUT2D eigenvalue weighted by Crippen LogP contribution is -1.78. The van der Waals surface area contributed by atoms with Crippen LogP contribution in [0.2, 0.25) is 0 Å². The van der Waals surface area contributed by atoms with Crippen LogP contribution < -0.4 is 0 Å². The predicted octanol–water partition coefficient (Wildman–Crippen LogP) is 3.90. The van der Waals surface area contributed by atoms with Crippen molar-refractivity contribution in [2.45, 2.75) is 52.4 Å². The standard InChI is InChI=1S/C11H22O/c1-3-5-6-7-8-9-10-11-12-4-2/h10-11H,3-9H2,1-2H3. The van der Waals surface area contributed by atoms with Crippen molar-refractivity contribution in [2.24, 2.45) is 0 Å². The third-order valence-electron chi connectivity index (χ3n) is 1.83. The minimum atomic E-state index is 0.784. The molecule has 0 aromatic rings. The first-order valence-corrected chi connectivity index (χ1v) is 5.18. The maximum absolute atomic E-state index is 5.08. The highest BCUT2D eigenvalue weighted by Gasteiger charge is 1.85. The van der Waals surface area contributed by atoms with E-state index >= 15 is 0 Å². The van der Waals surface area contributed by atoms with Gasteiger partial charge in [-0.25, -0.2) is 0 Å². The molecular formula is C11H22O. The summed E-state index contributed by atoms with van der Waals surface area (Å²) in [7, 11) is 0. The average Bonchev–Trinajstić information content (AvgIpc) is 2.10. The number of rotatable bonds is 8. The highest BCUT2D eigenvalue weighted by Crippen LogP contribution is 2.05. The molecule has 0 saturated heterocycles. The Morgan fingerprint density at radius 3 is 2.42 bits per heavy atom. The predicted molar refractivity (Wildman–Crippen MR) is 54.1 cm³/mol. The first-order chi connectivity index (χ1) is 5.91. The van der Waals surface area contributed by atoms with E-state index in [1.54, 1.807) is 0 Å². The summed E-state index contributed by atoms with van der Waals surface area (Å²) in [5.41, 5.74) is 0. The van der Waals surface area contributed by atoms with Crippen molar-refractivity contribution in [2.75, 3.05) is 6.61 Å². The van der Waals surface area contributed by atoms with Crippen LogP contribution in [0.5, 0.6) is 0 Å². The molecule has 0 heterocycles. The topological polar surface area (TPSA) is 9.23 Å². The van der Waals surface area contributed by atoms with Gasteiger partial charge in [0.05, 0.1) is 12.9 Å². The van der Waals surface area contributed by atoms with E-state index < -0.39 is 0 Å². The van der Waals surface area contributed by atoms with Crippen LogP contribution in [0.15, 0.2) is 12.3 Å². The van der Waals surface area contributed by atoms with E-state index in [1.807, 2.05) is 13.2 Å². The highest BCUT2D eigenvalue weighted by atomic mass is 16.5. The summed E-state index contributed by atoms with van der Waals surface area (Å²) in [5, 5.41) is 0. The van der Waals surface area contributed by atoms with Gasteiger partial charge >= 0.3 is 0 Å². The zero-order chi connectivity index (χ0) is 9.07. The zero-order valence-electron chi connectivity index (χ0n) is 8.51. The third-order valence-corrected chi connectivity index (χ3v) is 1.83. The molecule has 0 unspecified atom stereocenters. The van der Waals surface area contributed by atoms with Crippen molar-refractivity contribution in [1.29, 1.82) is 0 Å². The maximum atomic E-state index is 5.08. The zero-order valence-corrected chi connectivity index (χ0v) is 8.51. The van der Waals surface area contributed by atoms with Gasteiger partial charge in [0.15, 0.2) is 0 Å². The van der Waals surface area contributed by atoms with Gasteiger partial charge in [-0.05, 0) is 25.8 Å². The molecule has 0 aromatic carbocycles. The van der Waals surface area contributed by atoms with E-state index in [0.29, 0.717) is 0 Å². The molecule has 0 aliphatic rings. The van der Waals surface area contributed by atoms with Crippen molar-refractivity contribution >= 4 is 0 Å². The average molecular weight is 170 g/mol. The minimum Gasteiger partial charge on any atom is -0.502 e. The fourth-order valence-electron chi connectivity index (χ4n) is 1.10. The lowest BCUT2D eigenvalue weighted by atomic mass is 10.1. The van der Waals surface area contributed by atoms with Crippen molar-refractivity contribution in [3.8, 4) is 0 Å². The molecule has 0 N–H and O–H groups in total. The van der Waals surface area contributed by atoms with Crippen molar-refractivity contribution in [3.63, 3.8) is 0 Å². The van der Waals surface area contributed by atoms with Gasteiger partial charge in [0.1, 0.15) is 0 Å². The fourth-order valence-corrected chi connectivity index (χ4v) is 1.10. The van der Waals surface area contributed by atoms with E-state index in [0.717, 1.165) is 6.61 Å². The normalized spacial score (nSPS) is 10.8. The lowest BCUT2D eigenvalue weighted by molar-refractivity contribution is 0.268. The lowest BCUT2D eigenvalue weighted by Gasteiger charge is -1.96. The monoisotopic (exact) mass is 170 g/mol. The molecule has 1 heteroatoms. The summed E-state index contributed by atoms with van der Waals surface area (Å²) in [6.07, 6.45) is 11.9. The van der Waals surface area contributed by atoms with Crippen LogP contribution in [0.1, 0.15) is 52.4 Å². The molecule has 0 atom stereocenters. The number of ether oxygens (including phenoxy) is 1. The van der Waals surface area contributed by atoms with E-state index in [4.69, 9.17) is 4.74 Å². The van der Waals surface area contributed by atoms with Gasteiger partial charge in [-0.2, -0.15) is 0 Å². The van der Waals surface area contributed by atoms with Crippen molar-refractivity contribution < 1.29 is 4.74 Å². The van der Waals surface area contributed by atoms with Crippen LogP contribution in [0.4, 0.5) is 0 Å². The Bertz CT molecular complexity index is 97.2. The molecule has 0 radical (unpaired) electrons. The van der Waals surface area contributed by atoms with Gasteiger partial charge in [-0.15, -0.1) is 0 Å². The number of hydrogen-bond acceptors (Lipinski definition) is 1. The maximum Gasteiger partial charge on any atom is 0.0845 e. The van der Waals surface area contributed by atoms with Crippen LogP contribution in [0, 0.1) is 0 Å².